The molecule has 0 amide bonds. The van der Waals surface area contributed by atoms with Crippen LogP contribution in [0.3, 0.4) is 0 Å². The maximum atomic E-state index is 5.92. The van der Waals surface area contributed by atoms with Crippen LogP contribution in [-0.2, 0) is 13.0 Å². The summed E-state index contributed by atoms with van der Waals surface area (Å²) in [5.74, 6) is 1.89. The van der Waals surface area contributed by atoms with Crippen molar-refractivity contribution < 1.29 is 4.74 Å². The van der Waals surface area contributed by atoms with Crippen LogP contribution < -0.4 is 10.1 Å². The van der Waals surface area contributed by atoms with Crippen LogP contribution >= 0.6 is 0 Å². The molecule has 1 aliphatic rings. The van der Waals surface area contributed by atoms with Crippen molar-refractivity contribution in [1.29, 1.82) is 0 Å². The van der Waals surface area contributed by atoms with Gasteiger partial charge in [0.15, 0.2) is 6.10 Å². The summed E-state index contributed by atoms with van der Waals surface area (Å²) in [4.78, 5) is 7.79. The van der Waals surface area contributed by atoms with Gasteiger partial charge in [0.25, 0.3) is 0 Å². The molecule has 0 saturated carbocycles. The van der Waals surface area contributed by atoms with E-state index in [0.717, 1.165) is 30.2 Å². The van der Waals surface area contributed by atoms with Gasteiger partial charge in [0.1, 0.15) is 11.6 Å². The normalized spacial score (nSPS) is 17.5. The summed E-state index contributed by atoms with van der Waals surface area (Å²) in [5.41, 5.74) is 2.36. The SMILES string of the molecule is CC(C)NCc1cnc(C2Cc3ccccc3O2)[nH]1. The van der Waals surface area contributed by atoms with Crippen molar-refractivity contribution in [2.45, 2.75) is 39.0 Å². The van der Waals surface area contributed by atoms with Gasteiger partial charge in [-0.15, -0.1) is 0 Å². The van der Waals surface area contributed by atoms with Crippen LogP contribution in [0.15, 0.2) is 30.5 Å². The first-order valence-corrected chi connectivity index (χ1v) is 6.74. The van der Waals surface area contributed by atoms with Crippen molar-refractivity contribution in [1.82, 2.24) is 15.3 Å². The number of hydrogen-bond acceptors (Lipinski definition) is 3. The Kier molecular flexibility index (Phi) is 3.25. The fourth-order valence-corrected chi connectivity index (χ4v) is 2.28. The van der Waals surface area contributed by atoms with Crippen LogP contribution in [0.25, 0.3) is 0 Å². The molecule has 2 heterocycles. The number of benzene rings is 1. The van der Waals surface area contributed by atoms with Gasteiger partial charge < -0.3 is 15.0 Å². The molecule has 1 unspecified atom stereocenters. The maximum absolute atomic E-state index is 5.92. The van der Waals surface area contributed by atoms with Crippen molar-refractivity contribution in [3.8, 4) is 5.75 Å². The van der Waals surface area contributed by atoms with Crippen molar-refractivity contribution in [2.75, 3.05) is 0 Å². The molecule has 0 spiro atoms. The standard InChI is InChI=1S/C15H19N3O/c1-10(2)16-8-12-9-17-15(18-12)14-7-11-5-3-4-6-13(11)19-14/h3-6,9-10,14,16H,7-8H2,1-2H3,(H,17,18). The van der Waals surface area contributed by atoms with Gasteiger partial charge in [-0.3, -0.25) is 0 Å². The third-order valence-corrected chi connectivity index (χ3v) is 3.30. The monoisotopic (exact) mass is 257 g/mol. The van der Waals surface area contributed by atoms with Gasteiger partial charge in [-0.1, -0.05) is 32.0 Å². The number of aromatic amines is 1. The molecule has 0 saturated heterocycles. The summed E-state index contributed by atoms with van der Waals surface area (Å²) in [6.07, 6.45) is 2.79. The second-order valence-corrected chi connectivity index (χ2v) is 5.25. The quantitative estimate of drug-likeness (QED) is 0.885. The summed E-state index contributed by atoms with van der Waals surface area (Å²) in [5, 5.41) is 3.37. The zero-order valence-corrected chi connectivity index (χ0v) is 11.3. The molecule has 0 radical (unpaired) electrons. The number of aromatic nitrogens is 2. The van der Waals surface area contributed by atoms with Crippen LogP contribution in [0.1, 0.15) is 37.0 Å². The number of nitrogens with one attached hydrogen (secondary N) is 2. The zero-order valence-electron chi connectivity index (χ0n) is 11.3. The number of rotatable bonds is 4. The molecule has 2 aromatic rings. The van der Waals surface area contributed by atoms with Crippen LogP contribution in [0.5, 0.6) is 5.75 Å². The minimum atomic E-state index is 0.0187. The molecule has 3 rings (SSSR count). The van der Waals surface area contributed by atoms with Gasteiger partial charge in [0, 0.05) is 30.9 Å². The highest BCUT2D eigenvalue weighted by molar-refractivity contribution is 5.38. The second-order valence-electron chi connectivity index (χ2n) is 5.25. The molecule has 0 bridgehead atoms. The van der Waals surface area contributed by atoms with E-state index >= 15 is 0 Å². The molecule has 1 aromatic heterocycles. The van der Waals surface area contributed by atoms with Crippen molar-refractivity contribution >= 4 is 0 Å². The van der Waals surface area contributed by atoms with Gasteiger partial charge in [-0.2, -0.15) is 0 Å². The van der Waals surface area contributed by atoms with E-state index in [4.69, 9.17) is 4.74 Å². The Balaban J connectivity index is 1.68. The van der Waals surface area contributed by atoms with Crippen LogP contribution in [0.2, 0.25) is 0 Å². The Morgan fingerprint density at radius 2 is 2.26 bits per heavy atom. The minimum absolute atomic E-state index is 0.0187. The van der Waals surface area contributed by atoms with Crippen molar-refractivity contribution in [3.63, 3.8) is 0 Å². The Hall–Kier alpha value is -1.81. The Labute approximate surface area is 113 Å². The lowest BCUT2D eigenvalue weighted by molar-refractivity contribution is 0.228. The highest BCUT2D eigenvalue weighted by atomic mass is 16.5. The van der Waals surface area contributed by atoms with Gasteiger partial charge in [0.2, 0.25) is 0 Å². The molecule has 0 fully saturated rings. The summed E-state index contributed by atoms with van der Waals surface area (Å²) in [6, 6.07) is 8.64. The highest BCUT2D eigenvalue weighted by Crippen LogP contribution is 2.35. The fraction of sp³-hybridized carbons (Fsp3) is 0.400. The largest absolute Gasteiger partial charge is 0.482 e. The third kappa shape index (κ3) is 2.63. The van der Waals surface area contributed by atoms with Crippen LogP contribution in [0, 0.1) is 0 Å². The van der Waals surface area contributed by atoms with E-state index in [-0.39, 0.29) is 6.10 Å². The molecule has 100 valence electrons. The molecule has 4 heteroatoms. The van der Waals surface area contributed by atoms with E-state index in [0.29, 0.717) is 6.04 Å². The summed E-state index contributed by atoms with van der Waals surface area (Å²) < 4.78 is 5.92. The van der Waals surface area contributed by atoms with Crippen LogP contribution in [0.4, 0.5) is 0 Å². The summed E-state index contributed by atoms with van der Waals surface area (Å²) in [6.45, 7) is 5.08. The lowest BCUT2D eigenvalue weighted by atomic mass is 10.1. The van der Waals surface area contributed by atoms with E-state index in [9.17, 15) is 0 Å². The fourth-order valence-electron chi connectivity index (χ4n) is 2.28. The lowest BCUT2D eigenvalue weighted by Crippen LogP contribution is -2.22. The lowest BCUT2D eigenvalue weighted by Gasteiger charge is -2.08. The minimum Gasteiger partial charge on any atom is -0.482 e. The van der Waals surface area contributed by atoms with Gasteiger partial charge >= 0.3 is 0 Å². The molecule has 1 atom stereocenters. The first-order chi connectivity index (χ1) is 9.22. The number of para-hydroxylation sites is 1. The third-order valence-electron chi connectivity index (χ3n) is 3.30. The molecule has 1 aliphatic heterocycles. The Morgan fingerprint density at radius 3 is 3.05 bits per heavy atom. The topological polar surface area (TPSA) is 49.9 Å². The zero-order chi connectivity index (χ0) is 13.2. The maximum Gasteiger partial charge on any atom is 0.160 e. The van der Waals surface area contributed by atoms with Gasteiger partial charge in [0.05, 0.1) is 0 Å². The molecule has 0 aliphatic carbocycles. The number of hydrogen-bond donors (Lipinski definition) is 2. The average Bonchev–Trinajstić information content (AvgIpc) is 3.02. The average molecular weight is 257 g/mol. The molecular weight excluding hydrogens is 238 g/mol. The van der Waals surface area contributed by atoms with E-state index in [1.807, 2.05) is 24.4 Å². The van der Waals surface area contributed by atoms with E-state index in [1.54, 1.807) is 0 Å². The predicted molar refractivity (Wildman–Crippen MR) is 74.1 cm³/mol. The second kappa shape index (κ2) is 5.05. The van der Waals surface area contributed by atoms with E-state index in [2.05, 4.69) is 35.2 Å². The molecule has 2 N–H and O–H groups in total. The first kappa shape index (κ1) is 12.2. The summed E-state index contributed by atoms with van der Waals surface area (Å²) >= 11 is 0. The number of imidazole rings is 1. The van der Waals surface area contributed by atoms with E-state index < -0.39 is 0 Å². The summed E-state index contributed by atoms with van der Waals surface area (Å²) in [7, 11) is 0. The number of fused-ring (bicyclic) bond motifs is 1. The molecule has 4 nitrogen and oxygen atoms in total. The number of ether oxygens (including phenoxy) is 1. The predicted octanol–water partition coefficient (Wildman–Crippen LogP) is 2.58. The molecule has 19 heavy (non-hydrogen) atoms. The van der Waals surface area contributed by atoms with Crippen molar-refractivity contribution in [2.24, 2.45) is 0 Å². The van der Waals surface area contributed by atoms with Gasteiger partial charge in [-0.05, 0) is 11.6 Å². The first-order valence-electron chi connectivity index (χ1n) is 6.74. The van der Waals surface area contributed by atoms with Crippen LogP contribution in [-0.4, -0.2) is 16.0 Å². The Morgan fingerprint density at radius 1 is 1.42 bits per heavy atom. The molecular formula is C15H19N3O. The number of H-pyrrole nitrogens is 1. The molecule has 1 aromatic carbocycles. The van der Waals surface area contributed by atoms with Gasteiger partial charge in [-0.25, -0.2) is 4.98 Å². The Bertz CT molecular complexity index is 537. The van der Waals surface area contributed by atoms with Crippen molar-refractivity contribution in [3.05, 3.63) is 47.5 Å². The number of nitrogens with zero attached hydrogens (tertiary/aromatic N) is 1. The smallest absolute Gasteiger partial charge is 0.160 e. The van der Waals surface area contributed by atoms with E-state index in [1.165, 1.54) is 5.56 Å². The highest BCUT2D eigenvalue weighted by Gasteiger charge is 2.26.